The Morgan fingerprint density at radius 3 is 2.83 bits per heavy atom. The molecule has 0 spiro atoms. The highest BCUT2D eigenvalue weighted by Crippen LogP contribution is 2.22. The molecule has 1 unspecified atom stereocenters. The molecule has 0 aliphatic carbocycles. The van der Waals surface area contributed by atoms with Gasteiger partial charge in [0.15, 0.2) is 0 Å². The molecule has 4 N–H and O–H groups in total. The lowest BCUT2D eigenvalue weighted by Crippen LogP contribution is -2.30. The van der Waals surface area contributed by atoms with E-state index in [2.05, 4.69) is 5.32 Å². The first-order chi connectivity index (χ1) is 8.52. The number of carbonyl (C=O) groups excluding carboxylic acids is 1. The van der Waals surface area contributed by atoms with Gasteiger partial charge >= 0.3 is 0 Å². The zero-order valence-electron chi connectivity index (χ0n) is 10.8. The average molecular weight is 252 g/mol. The minimum Gasteiger partial charge on any atom is -0.495 e. The predicted molar refractivity (Wildman–Crippen MR) is 70.4 cm³/mol. The number of hydrogen-bond donors (Lipinski definition) is 3. The van der Waals surface area contributed by atoms with Crippen molar-refractivity contribution in [3.05, 3.63) is 23.8 Å². The van der Waals surface area contributed by atoms with Gasteiger partial charge in [-0.2, -0.15) is 0 Å². The van der Waals surface area contributed by atoms with E-state index in [-0.39, 0.29) is 12.5 Å². The molecule has 1 rings (SSSR count). The molecule has 1 aromatic rings. The summed E-state index contributed by atoms with van der Waals surface area (Å²) in [4.78, 5) is 11.5. The number of nitrogens with one attached hydrogen (secondary N) is 1. The molecule has 0 radical (unpaired) electrons. The minimum absolute atomic E-state index is 0.0784. The highest BCUT2D eigenvalue weighted by Gasteiger charge is 2.05. The number of carbonyl (C=O) groups is 1. The Hall–Kier alpha value is -1.75. The molecule has 1 atom stereocenters. The summed E-state index contributed by atoms with van der Waals surface area (Å²) < 4.78 is 5.06. The molecule has 5 heteroatoms. The van der Waals surface area contributed by atoms with Crippen LogP contribution in [-0.4, -0.2) is 30.8 Å². The zero-order valence-corrected chi connectivity index (χ0v) is 10.8. The third-order valence-electron chi connectivity index (χ3n) is 2.53. The molecule has 0 fully saturated rings. The van der Waals surface area contributed by atoms with E-state index in [4.69, 9.17) is 15.6 Å². The van der Waals surface area contributed by atoms with Crippen molar-refractivity contribution in [3.63, 3.8) is 0 Å². The van der Waals surface area contributed by atoms with Gasteiger partial charge in [0.2, 0.25) is 5.91 Å². The minimum atomic E-state index is -0.523. The molecular formula is C13H20N2O3. The van der Waals surface area contributed by atoms with Crippen LogP contribution in [0.3, 0.4) is 0 Å². The Bertz CT molecular complexity index is 405. The number of benzene rings is 1. The molecular weight excluding hydrogens is 232 g/mol. The topological polar surface area (TPSA) is 84.6 Å². The number of anilines is 1. The maximum Gasteiger partial charge on any atom is 0.220 e. The van der Waals surface area contributed by atoms with Crippen molar-refractivity contribution in [3.8, 4) is 5.75 Å². The normalized spacial score (nSPS) is 11.9. The number of methoxy groups -OCH3 is 1. The second-order valence-electron chi connectivity index (χ2n) is 4.23. The molecule has 0 aliphatic heterocycles. The fourth-order valence-electron chi connectivity index (χ4n) is 1.55. The van der Waals surface area contributed by atoms with Crippen LogP contribution in [0.15, 0.2) is 18.2 Å². The van der Waals surface area contributed by atoms with E-state index >= 15 is 0 Å². The summed E-state index contributed by atoms with van der Waals surface area (Å²) in [5, 5.41) is 11.7. The maximum atomic E-state index is 11.5. The van der Waals surface area contributed by atoms with Gasteiger partial charge in [-0.3, -0.25) is 4.79 Å². The molecule has 18 heavy (non-hydrogen) atoms. The summed E-state index contributed by atoms with van der Waals surface area (Å²) in [5.74, 6) is 0.558. The van der Waals surface area contributed by atoms with Crippen LogP contribution in [0.5, 0.6) is 5.75 Å². The first-order valence-corrected chi connectivity index (χ1v) is 5.90. The summed E-state index contributed by atoms with van der Waals surface area (Å²) in [6.07, 6.45) is 0.462. The van der Waals surface area contributed by atoms with Crippen LogP contribution >= 0.6 is 0 Å². The third-order valence-corrected chi connectivity index (χ3v) is 2.53. The fraction of sp³-hybridized carbons (Fsp3) is 0.462. The van der Waals surface area contributed by atoms with Crippen LogP contribution in [0.25, 0.3) is 0 Å². The summed E-state index contributed by atoms with van der Waals surface area (Å²) >= 11 is 0. The Kier molecular flexibility index (Phi) is 5.45. The van der Waals surface area contributed by atoms with Crippen LogP contribution in [0.4, 0.5) is 5.69 Å². The molecule has 0 bridgehead atoms. The van der Waals surface area contributed by atoms with Crippen LogP contribution < -0.4 is 15.8 Å². The van der Waals surface area contributed by atoms with E-state index < -0.39 is 6.10 Å². The lowest BCUT2D eigenvalue weighted by molar-refractivity contribution is -0.121. The molecule has 0 aromatic heterocycles. The van der Waals surface area contributed by atoms with E-state index in [1.54, 1.807) is 26.2 Å². The largest absolute Gasteiger partial charge is 0.495 e. The fourth-order valence-corrected chi connectivity index (χ4v) is 1.55. The van der Waals surface area contributed by atoms with Gasteiger partial charge in [-0.25, -0.2) is 0 Å². The van der Waals surface area contributed by atoms with Crippen molar-refractivity contribution in [2.24, 2.45) is 0 Å². The molecule has 100 valence electrons. The summed E-state index contributed by atoms with van der Waals surface area (Å²) in [5.41, 5.74) is 7.33. The van der Waals surface area contributed by atoms with E-state index in [0.717, 1.165) is 5.56 Å². The zero-order chi connectivity index (χ0) is 13.5. The SMILES string of the molecule is COc1ccc(CCC(=O)NCC(C)O)cc1N. The second-order valence-corrected chi connectivity index (χ2v) is 4.23. The van der Waals surface area contributed by atoms with Crippen LogP contribution in [0.1, 0.15) is 18.9 Å². The number of aliphatic hydroxyl groups is 1. The van der Waals surface area contributed by atoms with Crippen molar-refractivity contribution >= 4 is 11.6 Å². The number of rotatable bonds is 6. The van der Waals surface area contributed by atoms with E-state index in [0.29, 0.717) is 24.3 Å². The molecule has 0 heterocycles. The van der Waals surface area contributed by atoms with Gasteiger partial charge in [0.1, 0.15) is 5.75 Å². The van der Waals surface area contributed by atoms with Gasteiger partial charge in [-0.15, -0.1) is 0 Å². The predicted octanol–water partition coefficient (Wildman–Crippen LogP) is 0.707. The maximum absolute atomic E-state index is 11.5. The third kappa shape index (κ3) is 4.63. The average Bonchev–Trinajstić information content (AvgIpc) is 2.34. The Labute approximate surface area is 107 Å². The lowest BCUT2D eigenvalue weighted by atomic mass is 10.1. The summed E-state index contributed by atoms with van der Waals surface area (Å²) in [6.45, 7) is 1.91. The van der Waals surface area contributed by atoms with Gasteiger partial charge in [-0.1, -0.05) is 6.07 Å². The number of ether oxygens (including phenoxy) is 1. The van der Waals surface area contributed by atoms with Crippen molar-refractivity contribution < 1.29 is 14.6 Å². The molecule has 1 amide bonds. The quantitative estimate of drug-likeness (QED) is 0.651. The molecule has 0 saturated carbocycles. The number of hydrogen-bond acceptors (Lipinski definition) is 4. The number of aryl methyl sites for hydroxylation is 1. The number of amides is 1. The molecule has 0 saturated heterocycles. The molecule has 0 aliphatic rings. The molecule has 5 nitrogen and oxygen atoms in total. The standard InChI is InChI=1S/C13H20N2O3/c1-9(16)8-15-13(17)6-4-10-3-5-12(18-2)11(14)7-10/h3,5,7,9,16H,4,6,8,14H2,1-2H3,(H,15,17). The first kappa shape index (κ1) is 14.3. The Morgan fingerprint density at radius 2 is 2.28 bits per heavy atom. The molecule has 1 aromatic carbocycles. The highest BCUT2D eigenvalue weighted by molar-refractivity contribution is 5.76. The van der Waals surface area contributed by atoms with Crippen LogP contribution in [0.2, 0.25) is 0 Å². The smallest absolute Gasteiger partial charge is 0.220 e. The van der Waals surface area contributed by atoms with Gasteiger partial charge in [-0.05, 0) is 31.0 Å². The van der Waals surface area contributed by atoms with Crippen molar-refractivity contribution in [2.75, 3.05) is 19.4 Å². The monoisotopic (exact) mass is 252 g/mol. The lowest BCUT2D eigenvalue weighted by Gasteiger charge is -2.08. The number of nitrogen functional groups attached to an aromatic ring is 1. The van der Waals surface area contributed by atoms with E-state index in [9.17, 15) is 4.79 Å². The van der Waals surface area contributed by atoms with Gasteiger partial charge < -0.3 is 20.9 Å². The summed E-state index contributed by atoms with van der Waals surface area (Å²) in [6, 6.07) is 5.48. The van der Waals surface area contributed by atoms with Crippen molar-refractivity contribution in [1.82, 2.24) is 5.32 Å². The van der Waals surface area contributed by atoms with Crippen LogP contribution in [0, 0.1) is 0 Å². The number of nitrogens with two attached hydrogens (primary N) is 1. The number of aliphatic hydroxyl groups excluding tert-OH is 1. The van der Waals surface area contributed by atoms with Gasteiger partial charge in [0, 0.05) is 13.0 Å². The second kappa shape index (κ2) is 6.86. The Morgan fingerprint density at radius 1 is 1.56 bits per heavy atom. The first-order valence-electron chi connectivity index (χ1n) is 5.90. The highest BCUT2D eigenvalue weighted by atomic mass is 16.5. The van der Waals surface area contributed by atoms with E-state index in [1.165, 1.54) is 0 Å². The Balaban J connectivity index is 2.43. The van der Waals surface area contributed by atoms with Gasteiger partial charge in [0.25, 0.3) is 0 Å². The van der Waals surface area contributed by atoms with Crippen molar-refractivity contribution in [1.29, 1.82) is 0 Å². The van der Waals surface area contributed by atoms with Crippen LogP contribution in [-0.2, 0) is 11.2 Å². The van der Waals surface area contributed by atoms with Gasteiger partial charge in [0.05, 0.1) is 18.9 Å². The summed E-state index contributed by atoms with van der Waals surface area (Å²) in [7, 11) is 1.56. The van der Waals surface area contributed by atoms with Crippen molar-refractivity contribution in [2.45, 2.75) is 25.9 Å². The van der Waals surface area contributed by atoms with E-state index in [1.807, 2.05) is 6.07 Å².